The van der Waals surface area contributed by atoms with Crippen molar-refractivity contribution in [3.63, 3.8) is 0 Å². The number of aryl methyl sites for hydroxylation is 1. The molecule has 0 saturated heterocycles. The summed E-state index contributed by atoms with van der Waals surface area (Å²) in [6.07, 6.45) is 3.22. The van der Waals surface area contributed by atoms with Gasteiger partial charge < -0.3 is 10.6 Å². The van der Waals surface area contributed by atoms with E-state index in [1.54, 1.807) is 11.3 Å². The van der Waals surface area contributed by atoms with Crippen LogP contribution in [0, 0.1) is 0 Å². The van der Waals surface area contributed by atoms with Gasteiger partial charge >= 0.3 is 0 Å². The first-order valence-corrected chi connectivity index (χ1v) is 8.69. The maximum atomic E-state index is 4.30. The molecule has 1 atom stereocenters. The zero-order chi connectivity index (χ0) is 15.6. The Kier molecular flexibility index (Phi) is 6.97. The second kappa shape index (κ2) is 9.26. The lowest BCUT2D eigenvalue weighted by Crippen LogP contribution is -2.43. The van der Waals surface area contributed by atoms with Crippen LogP contribution in [0.2, 0.25) is 0 Å². The summed E-state index contributed by atoms with van der Waals surface area (Å²) in [5.74, 6) is 0.886. The molecule has 0 aliphatic carbocycles. The van der Waals surface area contributed by atoms with E-state index in [4.69, 9.17) is 0 Å². The standard InChI is InChI=1S/C18H25N3S/c1-15(10-11-16-7-4-3-5-8-16)21-18(19-2)20-13-12-17-9-6-14-22-17/h3-9,14-15H,10-13H2,1-2H3,(H2,19,20,21). The van der Waals surface area contributed by atoms with Crippen molar-refractivity contribution in [3.05, 3.63) is 58.3 Å². The van der Waals surface area contributed by atoms with E-state index >= 15 is 0 Å². The third kappa shape index (κ3) is 5.90. The highest BCUT2D eigenvalue weighted by atomic mass is 32.1. The van der Waals surface area contributed by atoms with Crippen LogP contribution in [-0.2, 0) is 12.8 Å². The van der Waals surface area contributed by atoms with Gasteiger partial charge in [-0.2, -0.15) is 0 Å². The Hall–Kier alpha value is -1.81. The molecule has 22 heavy (non-hydrogen) atoms. The Morgan fingerprint density at radius 2 is 1.95 bits per heavy atom. The number of aliphatic imine (C=N–C) groups is 1. The van der Waals surface area contributed by atoms with E-state index in [1.807, 2.05) is 7.05 Å². The fourth-order valence-corrected chi connectivity index (χ4v) is 3.00. The lowest BCUT2D eigenvalue weighted by Gasteiger charge is -2.17. The Bertz CT molecular complexity index is 549. The van der Waals surface area contributed by atoms with Crippen molar-refractivity contribution in [1.82, 2.24) is 10.6 Å². The molecule has 0 spiro atoms. The van der Waals surface area contributed by atoms with Gasteiger partial charge in [-0.25, -0.2) is 0 Å². The van der Waals surface area contributed by atoms with Crippen molar-refractivity contribution in [1.29, 1.82) is 0 Å². The zero-order valence-corrected chi connectivity index (χ0v) is 14.2. The molecule has 2 aromatic rings. The Balaban J connectivity index is 1.68. The summed E-state index contributed by atoms with van der Waals surface area (Å²) < 4.78 is 0. The maximum Gasteiger partial charge on any atom is 0.191 e. The summed E-state index contributed by atoms with van der Waals surface area (Å²) in [5.41, 5.74) is 1.39. The molecule has 4 heteroatoms. The molecule has 2 rings (SSSR count). The molecular weight excluding hydrogens is 290 g/mol. The second-order valence-corrected chi connectivity index (χ2v) is 6.43. The molecule has 1 aromatic heterocycles. The number of nitrogens with one attached hydrogen (secondary N) is 2. The lowest BCUT2D eigenvalue weighted by molar-refractivity contribution is 0.593. The predicted molar refractivity (Wildman–Crippen MR) is 96.7 cm³/mol. The van der Waals surface area contributed by atoms with Gasteiger partial charge in [-0.3, -0.25) is 4.99 Å². The van der Waals surface area contributed by atoms with E-state index < -0.39 is 0 Å². The number of hydrogen-bond donors (Lipinski definition) is 2. The molecule has 3 nitrogen and oxygen atoms in total. The fourth-order valence-electron chi connectivity index (χ4n) is 2.29. The van der Waals surface area contributed by atoms with Crippen LogP contribution >= 0.6 is 11.3 Å². The number of hydrogen-bond acceptors (Lipinski definition) is 2. The Labute approximate surface area is 137 Å². The number of rotatable bonds is 7. The molecule has 1 aromatic carbocycles. The van der Waals surface area contributed by atoms with Gasteiger partial charge in [-0.15, -0.1) is 11.3 Å². The third-order valence-corrected chi connectivity index (χ3v) is 4.50. The highest BCUT2D eigenvalue weighted by Gasteiger charge is 2.05. The molecular formula is C18H25N3S. The van der Waals surface area contributed by atoms with E-state index in [-0.39, 0.29) is 0 Å². The molecule has 0 saturated carbocycles. The molecule has 1 heterocycles. The third-order valence-electron chi connectivity index (χ3n) is 3.56. The topological polar surface area (TPSA) is 36.4 Å². The number of thiophene rings is 1. The van der Waals surface area contributed by atoms with Crippen LogP contribution in [0.15, 0.2) is 52.8 Å². The zero-order valence-electron chi connectivity index (χ0n) is 13.4. The summed E-state index contributed by atoms with van der Waals surface area (Å²) >= 11 is 1.80. The van der Waals surface area contributed by atoms with E-state index in [0.29, 0.717) is 6.04 Å². The van der Waals surface area contributed by atoms with Crippen molar-refractivity contribution < 1.29 is 0 Å². The van der Waals surface area contributed by atoms with Gasteiger partial charge in [0.2, 0.25) is 0 Å². The van der Waals surface area contributed by atoms with Crippen LogP contribution < -0.4 is 10.6 Å². The monoisotopic (exact) mass is 315 g/mol. The molecule has 118 valence electrons. The number of benzene rings is 1. The van der Waals surface area contributed by atoms with E-state index in [0.717, 1.165) is 31.8 Å². The first-order chi connectivity index (χ1) is 10.8. The highest BCUT2D eigenvalue weighted by molar-refractivity contribution is 7.09. The molecule has 0 amide bonds. The highest BCUT2D eigenvalue weighted by Crippen LogP contribution is 2.08. The summed E-state index contributed by atoms with van der Waals surface area (Å²) in [6, 6.07) is 15.3. The van der Waals surface area contributed by atoms with Crippen LogP contribution in [0.3, 0.4) is 0 Å². The van der Waals surface area contributed by atoms with Crippen LogP contribution in [-0.4, -0.2) is 25.6 Å². The quantitative estimate of drug-likeness (QED) is 0.606. The van der Waals surface area contributed by atoms with Crippen LogP contribution in [0.1, 0.15) is 23.8 Å². The Morgan fingerprint density at radius 3 is 2.64 bits per heavy atom. The largest absolute Gasteiger partial charge is 0.356 e. The summed E-state index contributed by atoms with van der Waals surface area (Å²) in [7, 11) is 1.82. The minimum atomic E-state index is 0.396. The summed E-state index contributed by atoms with van der Waals surface area (Å²) in [6.45, 7) is 3.11. The first-order valence-electron chi connectivity index (χ1n) is 7.81. The fraction of sp³-hybridized carbons (Fsp3) is 0.389. The van der Waals surface area contributed by atoms with Gasteiger partial charge in [0.1, 0.15) is 0 Å². The lowest BCUT2D eigenvalue weighted by atomic mass is 10.1. The van der Waals surface area contributed by atoms with Crippen molar-refractivity contribution >= 4 is 17.3 Å². The van der Waals surface area contributed by atoms with Gasteiger partial charge in [-0.05, 0) is 43.2 Å². The molecule has 0 aliphatic heterocycles. The van der Waals surface area contributed by atoms with Gasteiger partial charge in [0.15, 0.2) is 5.96 Å². The van der Waals surface area contributed by atoms with Crippen molar-refractivity contribution in [3.8, 4) is 0 Å². The predicted octanol–water partition coefficient (Wildman–Crippen LogP) is 3.48. The van der Waals surface area contributed by atoms with Crippen LogP contribution in [0.25, 0.3) is 0 Å². The van der Waals surface area contributed by atoms with Crippen LogP contribution in [0.4, 0.5) is 0 Å². The molecule has 0 radical (unpaired) electrons. The number of guanidine groups is 1. The summed E-state index contributed by atoms with van der Waals surface area (Å²) in [4.78, 5) is 5.70. The first kappa shape index (κ1) is 16.6. The molecule has 0 aliphatic rings. The van der Waals surface area contributed by atoms with Gasteiger partial charge in [0, 0.05) is 24.5 Å². The molecule has 0 fully saturated rings. The van der Waals surface area contributed by atoms with Crippen molar-refractivity contribution in [2.75, 3.05) is 13.6 Å². The van der Waals surface area contributed by atoms with Gasteiger partial charge in [0.25, 0.3) is 0 Å². The minimum absolute atomic E-state index is 0.396. The summed E-state index contributed by atoms with van der Waals surface area (Å²) in [5, 5.41) is 8.96. The van der Waals surface area contributed by atoms with E-state index in [9.17, 15) is 0 Å². The second-order valence-electron chi connectivity index (χ2n) is 5.40. The van der Waals surface area contributed by atoms with E-state index in [2.05, 4.69) is 70.4 Å². The van der Waals surface area contributed by atoms with Crippen LogP contribution in [0.5, 0.6) is 0 Å². The van der Waals surface area contributed by atoms with Crippen molar-refractivity contribution in [2.45, 2.75) is 32.2 Å². The normalized spacial score (nSPS) is 12.9. The molecule has 0 bridgehead atoms. The van der Waals surface area contributed by atoms with E-state index in [1.165, 1.54) is 10.4 Å². The average Bonchev–Trinajstić information content (AvgIpc) is 3.06. The van der Waals surface area contributed by atoms with Gasteiger partial charge in [0.05, 0.1) is 0 Å². The SMILES string of the molecule is CN=C(NCCc1cccs1)NC(C)CCc1ccccc1. The number of nitrogens with zero attached hydrogens (tertiary/aromatic N) is 1. The van der Waals surface area contributed by atoms with Crippen molar-refractivity contribution in [2.24, 2.45) is 4.99 Å². The molecule has 2 N–H and O–H groups in total. The average molecular weight is 315 g/mol. The Morgan fingerprint density at radius 1 is 1.14 bits per heavy atom. The molecule has 1 unspecified atom stereocenters. The maximum absolute atomic E-state index is 4.30. The smallest absolute Gasteiger partial charge is 0.191 e. The minimum Gasteiger partial charge on any atom is -0.356 e. The van der Waals surface area contributed by atoms with Gasteiger partial charge in [-0.1, -0.05) is 36.4 Å².